The van der Waals surface area contributed by atoms with Crippen molar-refractivity contribution >= 4 is 11.8 Å². The lowest BCUT2D eigenvalue weighted by Gasteiger charge is -2.16. The van der Waals surface area contributed by atoms with E-state index in [1.165, 1.54) is 4.90 Å². The molecule has 3 aliphatic rings. The first-order chi connectivity index (χ1) is 9.65. The number of fused-ring (bicyclic) bond motifs is 5. The maximum Gasteiger partial charge on any atom is 0.234 e. The molecule has 20 heavy (non-hydrogen) atoms. The number of hydrogen-bond acceptors (Lipinski definition) is 2. The molecule has 4 nitrogen and oxygen atoms in total. The zero-order valence-electron chi connectivity index (χ0n) is 11.4. The van der Waals surface area contributed by atoms with Gasteiger partial charge in [-0.15, -0.1) is 0 Å². The van der Waals surface area contributed by atoms with Crippen LogP contribution in [-0.2, 0) is 23.2 Å². The number of nitrogens with zero attached hydrogens (tertiary/aromatic N) is 2. The van der Waals surface area contributed by atoms with Crippen LogP contribution >= 0.6 is 0 Å². The minimum Gasteiger partial charge on any atom is -0.277 e. The molecule has 0 radical (unpaired) electrons. The van der Waals surface area contributed by atoms with Crippen LogP contribution in [0, 0.1) is 23.7 Å². The second-order valence-electron chi connectivity index (χ2n) is 6.14. The molecule has 2 amide bonds. The minimum atomic E-state index is -0.0880. The predicted molar refractivity (Wildman–Crippen MR) is 70.9 cm³/mol. The molecule has 0 aromatic carbocycles. The molecule has 1 aromatic rings. The second kappa shape index (κ2) is 4.01. The van der Waals surface area contributed by atoms with Gasteiger partial charge >= 0.3 is 0 Å². The number of carbonyl (C=O) groups excluding carboxylic acids is 2. The van der Waals surface area contributed by atoms with Gasteiger partial charge in [0.1, 0.15) is 7.05 Å². The number of aromatic nitrogens is 1. The topological polar surface area (TPSA) is 41.3 Å². The normalized spacial score (nSPS) is 34.1. The summed E-state index contributed by atoms with van der Waals surface area (Å²) >= 11 is 0. The SMILES string of the molecule is C[n+]1cccc(CN2C(=O)[C@@H]3[C@@H](C2=O)[C@H]2C=C[C@@H]3C2)c1. The van der Waals surface area contributed by atoms with Gasteiger partial charge in [0.05, 0.1) is 18.4 Å². The summed E-state index contributed by atoms with van der Waals surface area (Å²) in [6.07, 6.45) is 9.14. The molecule has 2 fully saturated rings. The molecule has 2 heterocycles. The molecule has 1 saturated heterocycles. The lowest BCUT2D eigenvalue weighted by atomic mass is 9.85. The minimum absolute atomic E-state index is 0.0309. The first-order valence-electron chi connectivity index (χ1n) is 7.13. The number of allylic oxidation sites excluding steroid dienone is 2. The van der Waals surface area contributed by atoms with Crippen molar-refractivity contribution in [2.24, 2.45) is 30.7 Å². The van der Waals surface area contributed by atoms with E-state index in [1.54, 1.807) is 0 Å². The van der Waals surface area contributed by atoms with Crippen LogP contribution in [-0.4, -0.2) is 16.7 Å². The van der Waals surface area contributed by atoms with Crippen LogP contribution in [0.15, 0.2) is 36.7 Å². The van der Waals surface area contributed by atoms with E-state index in [4.69, 9.17) is 0 Å². The third-order valence-corrected chi connectivity index (χ3v) is 4.90. The highest BCUT2D eigenvalue weighted by Gasteiger charge is 2.59. The predicted octanol–water partition coefficient (Wildman–Crippen LogP) is 0.818. The standard InChI is InChI=1S/C16H17N2O2/c1-17-6-2-3-10(8-17)9-18-15(19)13-11-4-5-12(7-11)14(13)16(18)20/h2-6,8,11-14H,7,9H2,1H3/q+1/t11-,12+,13-,14-/m0/s1. The maximum absolute atomic E-state index is 12.5. The van der Waals surface area contributed by atoms with Gasteiger partial charge in [0, 0.05) is 11.6 Å². The monoisotopic (exact) mass is 269 g/mol. The average molecular weight is 269 g/mol. The number of rotatable bonds is 2. The van der Waals surface area contributed by atoms with Crippen LogP contribution in [0.3, 0.4) is 0 Å². The Bertz CT molecular complexity index is 607. The largest absolute Gasteiger partial charge is 0.277 e. The van der Waals surface area contributed by atoms with E-state index in [1.807, 2.05) is 36.1 Å². The van der Waals surface area contributed by atoms with E-state index in [2.05, 4.69) is 12.2 Å². The van der Waals surface area contributed by atoms with Gasteiger partial charge in [0.25, 0.3) is 0 Å². The molecule has 0 unspecified atom stereocenters. The summed E-state index contributed by atoms with van der Waals surface area (Å²) in [5.74, 6) is 0.466. The third-order valence-electron chi connectivity index (χ3n) is 4.90. The number of imide groups is 1. The zero-order chi connectivity index (χ0) is 13.9. The van der Waals surface area contributed by atoms with Gasteiger partial charge in [-0.1, -0.05) is 12.2 Å². The summed E-state index contributed by atoms with van der Waals surface area (Å²) in [6, 6.07) is 3.90. The van der Waals surface area contributed by atoms with Crippen molar-refractivity contribution in [2.45, 2.75) is 13.0 Å². The van der Waals surface area contributed by atoms with Gasteiger partial charge in [-0.05, 0) is 24.3 Å². The molecule has 1 aromatic heterocycles. The van der Waals surface area contributed by atoms with E-state index in [9.17, 15) is 9.59 Å². The van der Waals surface area contributed by atoms with Crippen LogP contribution in [0.4, 0.5) is 0 Å². The molecule has 1 saturated carbocycles. The van der Waals surface area contributed by atoms with E-state index in [-0.39, 0.29) is 23.7 Å². The molecule has 2 bridgehead atoms. The number of amides is 2. The lowest BCUT2D eigenvalue weighted by Crippen LogP contribution is -2.34. The molecule has 0 N–H and O–H groups in total. The summed E-state index contributed by atoms with van der Waals surface area (Å²) in [4.78, 5) is 26.6. The number of carbonyl (C=O) groups is 2. The Kier molecular flexibility index (Phi) is 2.37. The number of hydrogen-bond donors (Lipinski definition) is 0. The van der Waals surface area contributed by atoms with Gasteiger partial charge in [-0.25, -0.2) is 4.57 Å². The summed E-state index contributed by atoms with van der Waals surface area (Å²) in [6.45, 7) is 0.402. The quantitative estimate of drug-likeness (QED) is 0.453. The Hall–Kier alpha value is -1.97. The van der Waals surface area contributed by atoms with Crippen molar-refractivity contribution in [2.75, 3.05) is 0 Å². The summed E-state index contributed by atoms with van der Waals surface area (Å²) in [5.41, 5.74) is 0.997. The van der Waals surface area contributed by atoms with Gasteiger partial charge in [-0.3, -0.25) is 14.5 Å². The van der Waals surface area contributed by atoms with Gasteiger partial charge in [-0.2, -0.15) is 0 Å². The molecule has 1 aliphatic heterocycles. The maximum atomic E-state index is 12.5. The molecule has 102 valence electrons. The summed E-state index contributed by atoms with van der Waals surface area (Å²) in [5, 5.41) is 0. The molecule has 2 aliphatic carbocycles. The number of aryl methyl sites for hydroxylation is 1. The highest BCUT2D eigenvalue weighted by atomic mass is 16.2. The van der Waals surface area contributed by atoms with E-state index < -0.39 is 0 Å². The highest BCUT2D eigenvalue weighted by Crippen LogP contribution is 2.52. The first-order valence-corrected chi connectivity index (χ1v) is 7.13. The van der Waals surface area contributed by atoms with Crippen molar-refractivity contribution < 1.29 is 14.2 Å². The van der Waals surface area contributed by atoms with E-state index in [0.717, 1.165) is 12.0 Å². The molecule has 4 atom stereocenters. The fourth-order valence-electron chi connectivity index (χ4n) is 4.05. The molecule has 4 rings (SSSR count). The zero-order valence-corrected chi connectivity index (χ0v) is 11.4. The average Bonchev–Trinajstić information content (AvgIpc) is 3.09. The Balaban J connectivity index is 1.62. The van der Waals surface area contributed by atoms with Crippen molar-refractivity contribution in [1.82, 2.24) is 4.90 Å². The Morgan fingerprint density at radius 2 is 1.85 bits per heavy atom. The van der Waals surface area contributed by atoms with Crippen molar-refractivity contribution in [3.63, 3.8) is 0 Å². The van der Waals surface area contributed by atoms with Crippen LogP contribution < -0.4 is 4.57 Å². The Morgan fingerprint density at radius 1 is 1.20 bits per heavy atom. The van der Waals surface area contributed by atoms with Crippen LogP contribution in [0.2, 0.25) is 0 Å². The van der Waals surface area contributed by atoms with Crippen molar-refractivity contribution in [1.29, 1.82) is 0 Å². The third kappa shape index (κ3) is 1.51. The smallest absolute Gasteiger partial charge is 0.234 e. The highest BCUT2D eigenvalue weighted by molar-refractivity contribution is 6.06. The summed E-state index contributed by atoms with van der Waals surface area (Å²) < 4.78 is 1.94. The van der Waals surface area contributed by atoms with Crippen LogP contribution in [0.1, 0.15) is 12.0 Å². The molecule has 0 spiro atoms. The molecule has 4 heteroatoms. The van der Waals surface area contributed by atoms with Crippen molar-refractivity contribution in [3.8, 4) is 0 Å². The number of pyridine rings is 1. The second-order valence-corrected chi connectivity index (χ2v) is 6.14. The van der Waals surface area contributed by atoms with E-state index in [0.29, 0.717) is 18.4 Å². The Labute approximate surface area is 117 Å². The fraction of sp³-hybridized carbons (Fsp3) is 0.438. The molecular formula is C16H17N2O2+. The Morgan fingerprint density at radius 3 is 2.45 bits per heavy atom. The fourth-order valence-corrected chi connectivity index (χ4v) is 4.05. The lowest BCUT2D eigenvalue weighted by molar-refractivity contribution is -0.672. The number of likely N-dealkylation sites (tertiary alicyclic amines) is 1. The van der Waals surface area contributed by atoms with Crippen LogP contribution in [0.5, 0.6) is 0 Å². The molecular weight excluding hydrogens is 252 g/mol. The van der Waals surface area contributed by atoms with E-state index >= 15 is 0 Å². The van der Waals surface area contributed by atoms with Gasteiger partial charge in [0.2, 0.25) is 11.8 Å². The summed E-state index contributed by atoms with van der Waals surface area (Å²) in [7, 11) is 1.94. The first kappa shape index (κ1) is 11.8. The van der Waals surface area contributed by atoms with Crippen molar-refractivity contribution in [3.05, 3.63) is 42.2 Å². The van der Waals surface area contributed by atoms with Crippen LogP contribution in [0.25, 0.3) is 0 Å². The van der Waals surface area contributed by atoms with Gasteiger partial charge < -0.3 is 0 Å². The van der Waals surface area contributed by atoms with Gasteiger partial charge in [0.15, 0.2) is 12.4 Å².